The van der Waals surface area contributed by atoms with Crippen LogP contribution in [-0.2, 0) is 19.4 Å². The molecule has 2 aromatic rings. The van der Waals surface area contributed by atoms with E-state index in [1.165, 1.54) is 11.3 Å². The maximum absolute atomic E-state index is 4.75. The number of hydrogen-bond acceptors (Lipinski definition) is 3. The molecule has 4 nitrogen and oxygen atoms in total. The zero-order valence-electron chi connectivity index (χ0n) is 10.7. The smallest absolute Gasteiger partial charge is 0.169 e. The average molecular weight is 309 g/mol. The standard InChI is InChI=1S/C13H17BrN4/c1-8(2)5-10-12(14)13-16-7-9-6-15-4-3-11(9)18(13)17-10/h7-8,15H,3-6H2,1-2H3. The van der Waals surface area contributed by atoms with Gasteiger partial charge in [0.25, 0.3) is 0 Å². The van der Waals surface area contributed by atoms with Crippen LogP contribution in [0.4, 0.5) is 0 Å². The Hall–Kier alpha value is -0.940. The Morgan fingerprint density at radius 2 is 2.33 bits per heavy atom. The van der Waals surface area contributed by atoms with E-state index < -0.39 is 0 Å². The van der Waals surface area contributed by atoms with Gasteiger partial charge >= 0.3 is 0 Å². The van der Waals surface area contributed by atoms with E-state index in [1.807, 2.05) is 10.7 Å². The van der Waals surface area contributed by atoms with Gasteiger partial charge in [-0.15, -0.1) is 0 Å². The predicted octanol–water partition coefficient (Wildman–Crippen LogP) is 2.34. The topological polar surface area (TPSA) is 42.2 Å². The van der Waals surface area contributed by atoms with Crippen LogP contribution in [0.5, 0.6) is 0 Å². The Balaban J connectivity index is 2.17. The summed E-state index contributed by atoms with van der Waals surface area (Å²) in [5, 5.41) is 8.11. The SMILES string of the molecule is CC(C)Cc1nn2c3c(cnc2c1Br)CNCC3. The molecule has 96 valence electrons. The lowest BCUT2D eigenvalue weighted by molar-refractivity contribution is 0.599. The van der Waals surface area contributed by atoms with Crippen molar-refractivity contribution in [2.75, 3.05) is 6.54 Å². The Kier molecular flexibility index (Phi) is 3.11. The van der Waals surface area contributed by atoms with Crippen LogP contribution in [-0.4, -0.2) is 21.1 Å². The maximum Gasteiger partial charge on any atom is 0.169 e. The quantitative estimate of drug-likeness (QED) is 0.926. The van der Waals surface area contributed by atoms with Crippen molar-refractivity contribution in [2.24, 2.45) is 5.92 Å². The van der Waals surface area contributed by atoms with E-state index in [0.717, 1.165) is 41.7 Å². The van der Waals surface area contributed by atoms with Crippen LogP contribution in [0.1, 0.15) is 30.8 Å². The van der Waals surface area contributed by atoms with E-state index >= 15 is 0 Å². The number of aromatic nitrogens is 3. The fourth-order valence-corrected chi connectivity index (χ4v) is 2.96. The Labute approximate surface area is 115 Å². The number of rotatable bonds is 2. The molecule has 0 saturated heterocycles. The zero-order chi connectivity index (χ0) is 12.7. The third kappa shape index (κ3) is 1.95. The maximum atomic E-state index is 4.75. The van der Waals surface area contributed by atoms with E-state index in [1.54, 1.807) is 0 Å². The summed E-state index contributed by atoms with van der Waals surface area (Å²) in [6, 6.07) is 0. The van der Waals surface area contributed by atoms with E-state index in [-0.39, 0.29) is 0 Å². The van der Waals surface area contributed by atoms with Gasteiger partial charge in [-0.1, -0.05) is 13.8 Å². The molecule has 0 bridgehead atoms. The van der Waals surface area contributed by atoms with Crippen LogP contribution in [0, 0.1) is 5.92 Å². The van der Waals surface area contributed by atoms with E-state index in [0.29, 0.717) is 5.92 Å². The lowest BCUT2D eigenvalue weighted by Gasteiger charge is -2.16. The summed E-state index contributed by atoms with van der Waals surface area (Å²) in [4.78, 5) is 4.54. The Morgan fingerprint density at radius 1 is 1.50 bits per heavy atom. The number of nitrogens with one attached hydrogen (secondary N) is 1. The molecule has 5 heteroatoms. The molecule has 0 aliphatic carbocycles. The molecule has 0 spiro atoms. The van der Waals surface area contributed by atoms with Crippen molar-refractivity contribution in [3.63, 3.8) is 0 Å². The highest BCUT2D eigenvalue weighted by Crippen LogP contribution is 2.26. The summed E-state index contributed by atoms with van der Waals surface area (Å²) in [6.45, 7) is 6.34. The molecule has 0 unspecified atom stereocenters. The molecule has 0 saturated carbocycles. The fraction of sp³-hybridized carbons (Fsp3) is 0.538. The third-order valence-electron chi connectivity index (χ3n) is 3.30. The van der Waals surface area contributed by atoms with Gasteiger partial charge < -0.3 is 5.32 Å². The molecular formula is C13H17BrN4. The Morgan fingerprint density at radius 3 is 3.11 bits per heavy atom. The van der Waals surface area contributed by atoms with Crippen molar-refractivity contribution in [2.45, 2.75) is 33.2 Å². The molecule has 3 rings (SSSR count). The van der Waals surface area contributed by atoms with Gasteiger partial charge in [-0.2, -0.15) is 5.10 Å². The molecular weight excluding hydrogens is 292 g/mol. The molecule has 1 aliphatic rings. The lowest BCUT2D eigenvalue weighted by Crippen LogP contribution is -2.26. The van der Waals surface area contributed by atoms with Gasteiger partial charge in [0.2, 0.25) is 0 Å². The fourth-order valence-electron chi connectivity index (χ4n) is 2.44. The molecule has 0 amide bonds. The highest BCUT2D eigenvalue weighted by atomic mass is 79.9. The first-order valence-corrected chi connectivity index (χ1v) is 7.20. The normalized spacial score (nSPS) is 15.3. The van der Waals surface area contributed by atoms with Crippen LogP contribution in [0.15, 0.2) is 10.7 Å². The van der Waals surface area contributed by atoms with Gasteiger partial charge in [-0.05, 0) is 28.3 Å². The van der Waals surface area contributed by atoms with Gasteiger partial charge in [-0.3, -0.25) is 0 Å². The minimum absolute atomic E-state index is 0.601. The van der Waals surface area contributed by atoms with Gasteiger partial charge in [0.05, 0.1) is 15.9 Å². The third-order valence-corrected chi connectivity index (χ3v) is 4.11. The van der Waals surface area contributed by atoms with E-state index in [2.05, 4.69) is 40.1 Å². The van der Waals surface area contributed by atoms with Gasteiger partial charge in [0, 0.05) is 31.3 Å². The molecule has 3 heterocycles. The summed E-state index contributed by atoms with van der Waals surface area (Å²) in [6.07, 6.45) is 3.98. The predicted molar refractivity (Wildman–Crippen MR) is 74.6 cm³/mol. The molecule has 0 aromatic carbocycles. The average Bonchev–Trinajstić information content (AvgIpc) is 2.66. The van der Waals surface area contributed by atoms with Crippen molar-refractivity contribution < 1.29 is 0 Å². The first-order chi connectivity index (χ1) is 8.66. The summed E-state index contributed by atoms with van der Waals surface area (Å²) >= 11 is 3.65. The number of fused-ring (bicyclic) bond motifs is 3. The summed E-state index contributed by atoms with van der Waals surface area (Å²) in [5.74, 6) is 0.601. The molecule has 18 heavy (non-hydrogen) atoms. The second-order valence-corrected chi connectivity index (χ2v) is 6.04. The lowest BCUT2D eigenvalue weighted by atomic mass is 10.1. The van der Waals surface area contributed by atoms with Crippen molar-refractivity contribution in [3.8, 4) is 0 Å². The second-order valence-electron chi connectivity index (χ2n) is 5.25. The van der Waals surface area contributed by atoms with E-state index in [9.17, 15) is 0 Å². The largest absolute Gasteiger partial charge is 0.312 e. The van der Waals surface area contributed by atoms with Crippen LogP contribution < -0.4 is 5.32 Å². The summed E-state index contributed by atoms with van der Waals surface area (Å²) in [7, 11) is 0. The Bertz CT molecular complexity index is 588. The number of halogens is 1. The molecule has 0 fully saturated rings. The van der Waals surface area contributed by atoms with Gasteiger partial charge in [0.15, 0.2) is 5.65 Å². The van der Waals surface area contributed by atoms with Gasteiger partial charge in [0.1, 0.15) is 0 Å². The van der Waals surface area contributed by atoms with Crippen LogP contribution in [0.3, 0.4) is 0 Å². The van der Waals surface area contributed by atoms with Crippen molar-refractivity contribution in [1.82, 2.24) is 19.9 Å². The van der Waals surface area contributed by atoms with Crippen molar-refractivity contribution in [3.05, 3.63) is 27.6 Å². The first-order valence-electron chi connectivity index (χ1n) is 6.41. The zero-order valence-corrected chi connectivity index (χ0v) is 12.3. The van der Waals surface area contributed by atoms with Gasteiger partial charge in [-0.25, -0.2) is 9.50 Å². The first kappa shape index (κ1) is 12.1. The molecule has 0 radical (unpaired) electrons. The van der Waals surface area contributed by atoms with Crippen LogP contribution in [0.25, 0.3) is 5.65 Å². The van der Waals surface area contributed by atoms with Crippen molar-refractivity contribution >= 4 is 21.6 Å². The van der Waals surface area contributed by atoms with Crippen LogP contribution >= 0.6 is 15.9 Å². The number of hydrogen-bond donors (Lipinski definition) is 1. The minimum Gasteiger partial charge on any atom is -0.312 e. The summed E-state index contributed by atoms with van der Waals surface area (Å²) < 4.78 is 3.08. The second kappa shape index (κ2) is 4.63. The minimum atomic E-state index is 0.601. The molecule has 1 N–H and O–H groups in total. The molecule has 2 aromatic heterocycles. The van der Waals surface area contributed by atoms with Crippen molar-refractivity contribution in [1.29, 1.82) is 0 Å². The highest BCUT2D eigenvalue weighted by molar-refractivity contribution is 9.10. The van der Waals surface area contributed by atoms with E-state index in [4.69, 9.17) is 5.10 Å². The number of nitrogens with zero attached hydrogens (tertiary/aromatic N) is 3. The highest BCUT2D eigenvalue weighted by Gasteiger charge is 2.18. The monoisotopic (exact) mass is 308 g/mol. The van der Waals surface area contributed by atoms with Crippen LogP contribution in [0.2, 0.25) is 0 Å². The molecule has 0 atom stereocenters. The summed E-state index contributed by atoms with van der Waals surface area (Å²) in [5.41, 5.74) is 4.63. The molecule has 1 aliphatic heterocycles.